The van der Waals surface area contributed by atoms with Crippen LogP contribution in [-0.2, 0) is 19.6 Å². The number of methoxy groups -OCH3 is 1. The lowest BCUT2D eigenvalue weighted by atomic mass is 10.2. The Morgan fingerprint density at radius 2 is 2.08 bits per heavy atom. The summed E-state index contributed by atoms with van der Waals surface area (Å²) < 4.78 is 12.5. The van der Waals surface area contributed by atoms with E-state index in [9.17, 15) is 0 Å². The fourth-order valence-corrected chi connectivity index (χ4v) is 3.28. The fraction of sp³-hybridized carbons (Fsp3) is 0.353. The normalized spacial score (nSPS) is 11.2. The average molecular weight is 377 g/mol. The van der Waals surface area contributed by atoms with Crippen molar-refractivity contribution in [1.82, 2.24) is 19.7 Å². The zero-order valence-corrected chi connectivity index (χ0v) is 16.1. The van der Waals surface area contributed by atoms with Crippen molar-refractivity contribution in [1.29, 1.82) is 0 Å². The lowest BCUT2D eigenvalue weighted by Crippen LogP contribution is -2.22. The van der Waals surface area contributed by atoms with Crippen LogP contribution in [0.2, 0.25) is 0 Å². The molecule has 0 aliphatic rings. The van der Waals surface area contributed by atoms with Crippen molar-refractivity contribution in [2.45, 2.75) is 26.6 Å². The summed E-state index contributed by atoms with van der Waals surface area (Å²) in [6.45, 7) is 3.32. The number of rotatable bonds is 7. The Morgan fingerprint density at radius 1 is 1.32 bits per heavy atom. The molecule has 3 aromatic rings. The molecule has 0 saturated carbocycles. The Hall–Kier alpha value is -2.03. The second kappa shape index (κ2) is 7.90. The van der Waals surface area contributed by atoms with Crippen LogP contribution in [-0.4, -0.2) is 33.8 Å². The van der Waals surface area contributed by atoms with Gasteiger partial charge in [0.05, 0.1) is 30.9 Å². The number of nitrogens with zero attached hydrogens (tertiary/aromatic N) is 4. The number of ether oxygens (including phenoxy) is 1. The smallest absolute Gasteiger partial charge is 0.288 e. The van der Waals surface area contributed by atoms with Crippen molar-refractivity contribution in [2.24, 2.45) is 0 Å². The standard InChI is InChI=1S/C17H20N4O2S2/c1-12-18-14(10-25-12)8-16-19-21(17(24)23-16)11-20(2)9-13-4-6-15(22-3)7-5-13/h4-7,10H,8-9,11H2,1-3H3. The highest BCUT2D eigenvalue weighted by molar-refractivity contribution is 7.71. The molecule has 132 valence electrons. The number of hydrogen-bond donors (Lipinski definition) is 0. The Bertz CT molecular complexity index is 883. The summed E-state index contributed by atoms with van der Waals surface area (Å²) in [6, 6.07) is 8.01. The Kier molecular flexibility index (Phi) is 5.62. The third-order valence-corrected chi connectivity index (χ3v) is 4.75. The van der Waals surface area contributed by atoms with E-state index in [0.29, 0.717) is 23.8 Å². The quantitative estimate of drug-likeness (QED) is 0.587. The molecule has 3 rings (SSSR count). The van der Waals surface area contributed by atoms with Crippen LogP contribution in [0.4, 0.5) is 0 Å². The summed E-state index contributed by atoms with van der Waals surface area (Å²) in [6.07, 6.45) is 0.559. The van der Waals surface area contributed by atoms with Gasteiger partial charge in [-0.3, -0.25) is 4.90 Å². The van der Waals surface area contributed by atoms with E-state index in [2.05, 4.69) is 15.0 Å². The van der Waals surface area contributed by atoms with E-state index in [4.69, 9.17) is 21.4 Å². The van der Waals surface area contributed by atoms with Crippen molar-refractivity contribution >= 4 is 23.6 Å². The van der Waals surface area contributed by atoms with E-state index in [1.54, 1.807) is 23.1 Å². The van der Waals surface area contributed by atoms with Crippen LogP contribution in [0.1, 0.15) is 22.2 Å². The van der Waals surface area contributed by atoms with Gasteiger partial charge in [0.2, 0.25) is 5.89 Å². The summed E-state index contributed by atoms with van der Waals surface area (Å²) in [5.41, 5.74) is 2.15. The first-order valence-corrected chi connectivity index (χ1v) is 9.11. The monoisotopic (exact) mass is 376 g/mol. The highest BCUT2D eigenvalue weighted by Gasteiger charge is 2.10. The number of aryl methyl sites for hydroxylation is 1. The first kappa shape index (κ1) is 17.8. The number of aromatic nitrogens is 3. The van der Waals surface area contributed by atoms with E-state index in [1.165, 1.54) is 5.56 Å². The molecule has 0 fully saturated rings. The fourth-order valence-electron chi connectivity index (χ4n) is 2.48. The average Bonchev–Trinajstić information content (AvgIpc) is 3.14. The minimum absolute atomic E-state index is 0.378. The van der Waals surface area contributed by atoms with Gasteiger partial charge in [0.25, 0.3) is 4.84 Å². The molecule has 0 radical (unpaired) electrons. The zero-order chi connectivity index (χ0) is 17.8. The van der Waals surface area contributed by atoms with Gasteiger partial charge in [-0.1, -0.05) is 12.1 Å². The summed E-state index contributed by atoms with van der Waals surface area (Å²) in [5.74, 6) is 1.44. The first-order chi connectivity index (χ1) is 12.0. The van der Waals surface area contributed by atoms with Gasteiger partial charge in [-0.15, -0.1) is 16.4 Å². The molecular weight excluding hydrogens is 356 g/mol. The van der Waals surface area contributed by atoms with Crippen molar-refractivity contribution in [3.05, 3.63) is 56.6 Å². The molecule has 1 aromatic carbocycles. The molecule has 6 nitrogen and oxygen atoms in total. The van der Waals surface area contributed by atoms with Crippen LogP contribution in [0, 0.1) is 11.8 Å². The molecule has 2 heterocycles. The minimum Gasteiger partial charge on any atom is -0.497 e. The second-order valence-electron chi connectivity index (χ2n) is 5.80. The number of benzene rings is 1. The Balaban J connectivity index is 1.62. The molecule has 0 saturated heterocycles. The third-order valence-electron chi connectivity index (χ3n) is 3.63. The predicted molar refractivity (Wildman–Crippen MR) is 99.4 cm³/mol. The highest BCUT2D eigenvalue weighted by Crippen LogP contribution is 2.14. The van der Waals surface area contributed by atoms with Crippen LogP contribution in [0.3, 0.4) is 0 Å². The Morgan fingerprint density at radius 3 is 2.72 bits per heavy atom. The van der Waals surface area contributed by atoms with Gasteiger partial charge >= 0.3 is 0 Å². The van der Waals surface area contributed by atoms with Gasteiger partial charge in [-0.2, -0.15) is 0 Å². The summed E-state index contributed by atoms with van der Waals surface area (Å²) in [7, 11) is 3.68. The predicted octanol–water partition coefficient (Wildman–Crippen LogP) is 3.66. The highest BCUT2D eigenvalue weighted by atomic mass is 32.1. The van der Waals surface area contributed by atoms with Gasteiger partial charge in [0, 0.05) is 11.9 Å². The van der Waals surface area contributed by atoms with Crippen LogP contribution in [0.25, 0.3) is 0 Å². The molecular formula is C17H20N4O2S2. The van der Waals surface area contributed by atoms with E-state index >= 15 is 0 Å². The molecule has 0 aliphatic carbocycles. The molecule has 8 heteroatoms. The molecule has 0 aliphatic heterocycles. The molecule has 0 unspecified atom stereocenters. The van der Waals surface area contributed by atoms with E-state index < -0.39 is 0 Å². The minimum atomic E-state index is 0.378. The van der Waals surface area contributed by atoms with Crippen molar-refractivity contribution in [3.8, 4) is 5.75 Å². The molecule has 0 bridgehead atoms. The van der Waals surface area contributed by atoms with Crippen LogP contribution >= 0.6 is 23.6 Å². The molecule has 0 N–H and O–H groups in total. The topological polar surface area (TPSA) is 56.3 Å². The summed E-state index contributed by atoms with van der Waals surface area (Å²) in [5, 5.41) is 7.52. The van der Waals surface area contributed by atoms with Gasteiger partial charge in [0.1, 0.15) is 5.75 Å². The zero-order valence-electron chi connectivity index (χ0n) is 14.4. The second-order valence-corrected chi connectivity index (χ2v) is 7.21. The molecule has 0 atom stereocenters. The van der Waals surface area contributed by atoms with Gasteiger partial charge in [-0.05, 0) is 43.9 Å². The molecule has 0 spiro atoms. The van der Waals surface area contributed by atoms with Crippen LogP contribution in [0.15, 0.2) is 34.1 Å². The lowest BCUT2D eigenvalue weighted by Gasteiger charge is -2.16. The number of thiazole rings is 1. The van der Waals surface area contributed by atoms with E-state index in [0.717, 1.165) is 23.0 Å². The van der Waals surface area contributed by atoms with Crippen molar-refractivity contribution in [3.63, 3.8) is 0 Å². The summed E-state index contributed by atoms with van der Waals surface area (Å²) in [4.78, 5) is 6.93. The maximum atomic E-state index is 5.60. The van der Waals surface area contributed by atoms with Gasteiger partial charge < -0.3 is 9.15 Å². The largest absolute Gasteiger partial charge is 0.497 e. The lowest BCUT2D eigenvalue weighted by molar-refractivity contribution is 0.240. The maximum Gasteiger partial charge on any atom is 0.288 e. The van der Waals surface area contributed by atoms with Gasteiger partial charge in [0.15, 0.2) is 0 Å². The molecule has 0 amide bonds. The Labute approximate surface area is 155 Å². The van der Waals surface area contributed by atoms with Crippen molar-refractivity contribution < 1.29 is 9.15 Å². The number of hydrogen-bond acceptors (Lipinski definition) is 7. The van der Waals surface area contributed by atoms with Crippen molar-refractivity contribution in [2.75, 3.05) is 14.2 Å². The van der Waals surface area contributed by atoms with E-state index in [-0.39, 0.29) is 0 Å². The van der Waals surface area contributed by atoms with Gasteiger partial charge in [-0.25, -0.2) is 9.67 Å². The molecule has 25 heavy (non-hydrogen) atoms. The first-order valence-electron chi connectivity index (χ1n) is 7.83. The molecule has 2 aromatic heterocycles. The third kappa shape index (κ3) is 4.75. The van der Waals surface area contributed by atoms with E-state index in [1.807, 2.05) is 43.6 Å². The van der Waals surface area contributed by atoms with Crippen LogP contribution < -0.4 is 4.74 Å². The SMILES string of the molecule is COc1ccc(CN(C)Cn2nc(Cc3csc(C)n3)oc2=S)cc1. The summed E-state index contributed by atoms with van der Waals surface area (Å²) >= 11 is 6.90. The van der Waals surface area contributed by atoms with Crippen LogP contribution in [0.5, 0.6) is 5.75 Å². The maximum absolute atomic E-state index is 5.60.